The normalized spacial score (nSPS) is 13.5. The van der Waals surface area contributed by atoms with Crippen LogP contribution in [0.1, 0.15) is 38.6 Å². The summed E-state index contributed by atoms with van der Waals surface area (Å²) in [5.41, 5.74) is 8.09. The van der Waals surface area contributed by atoms with Gasteiger partial charge < -0.3 is 10.6 Å². The molecule has 0 aliphatic heterocycles. The fourth-order valence-corrected chi connectivity index (χ4v) is 2.25. The Balaban J connectivity index is 2.59. The average molecular weight is 287 g/mol. The van der Waals surface area contributed by atoms with E-state index in [1.807, 2.05) is 11.6 Å². The summed E-state index contributed by atoms with van der Waals surface area (Å²) in [6.45, 7) is 11.0. The van der Waals surface area contributed by atoms with E-state index >= 15 is 0 Å². The highest BCUT2D eigenvalue weighted by Gasteiger charge is 2.15. The Bertz CT molecular complexity index is 400. The van der Waals surface area contributed by atoms with Crippen LogP contribution in [0.25, 0.3) is 0 Å². The van der Waals surface area contributed by atoms with Gasteiger partial charge in [-0.2, -0.15) is 5.10 Å². The summed E-state index contributed by atoms with van der Waals surface area (Å²) < 4.78 is 1.98. The van der Waals surface area contributed by atoms with Crippen LogP contribution in [-0.2, 0) is 13.1 Å². The van der Waals surface area contributed by atoms with Gasteiger partial charge in [0.1, 0.15) is 0 Å². The van der Waals surface area contributed by atoms with Crippen molar-refractivity contribution in [1.29, 1.82) is 0 Å². The fraction of sp³-hybridized carbons (Fsp3) is 0.786. The molecule has 0 aliphatic carbocycles. The summed E-state index contributed by atoms with van der Waals surface area (Å²) in [6.07, 6.45) is 1.00. The first-order chi connectivity index (χ1) is 8.86. The highest BCUT2D eigenvalue weighted by Crippen LogP contribution is 2.21. The first kappa shape index (κ1) is 16.5. The van der Waals surface area contributed by atoms with Crippen LogP contribution >= 0.6 is 11.6 Å². The van der Waals surface area contributed by atoms with Crippen LogP contribution in [0.4, 0.5) is 0 Å². The quantitative estimate of drug-likeness (QED) is 0.838. The maximum Gasteiger partial charge on any atom is 0.0860 e. The summed E-state index contributed by atoms with van der Waals surface area (Å²) in [5.74, 6) is 0.528. The molecule has 5 heteroatoms. The van der Waals surface area contributed by atoms with Crippen molar-refractivity contribution in [2.75, 3.05) is 13.6 Å². The number of aromatic nitrogens is 2. The molecule has 110 valence electrons. The zero-order valence-electron chi connectivity index (χ0n) is 12.8. The van der Waals surface area contributed by atoms with Crippen LogP contribution in [0.3, 0.4) is 0 Å². The Morgan fingerprint density at radius 2 is 2.05 bits per heavy atom. The van der Waals surface area contributed by atoms with Gasteiger partial charge in [0.15, 0.2) is 0 Å². The molecule has 0 saturated carbocycles. The van der Waals surface area contributed by atoms with Gasteiger partial charge in [-0.05, 0) is 39.8 Å². The highest BCUT2D eigenvalue weighted by molar-refractivity contribution is 6.31. The fourth-order valence-electron chi connectivity index (χ4n) is 2.06. The third kappa shape index (κ3) is 4.48. The number of nitrogens with two attached hydrogens (primary N) is 1. The molecule has 4 nitrogen and oxygen atoms in total. The Hall–Kier alpha value is -0.580. The minimum atomic E-state index is 0.260. The monoisotopic (exact) mass is 286 g/mol. The number of halogens is 1. The van der Waals surface area contributed by atoms with Gasteiger partial charge in [0.2, 0.25) is 0 Å². The lowest BCUT2D eigenvalue weighted by molar-refractivity contribution is 0.288. The van der Waals surface area contributed by atoms with Crippen LogP contribution in [0.15, 0.2) is 0 Å². The lowest BCUT2D eigenvalue weighted by atomic mass is 10.0. The van der Waals surface area contributed by atoms with Gasteiger partial charge in [-0.15, -0.1) is 0 Å². The number of nitrogens with zero attached hydrogens (tertiary/aromatic N) is 3. The lowest BCUT2D eigenvalue weighted by Crippen LogP contribution is -2.32. The molecule has 0 radical (unpaired) electrons. The van der Waals surface area contributed by atoms with E-state index in [0.717, 1.165) is 42.5 Å². The van der Waals surface area contributed by atoms with Gasteiger partial charge in [0.05, 0.1) is 16.4 Å². The summed E-state index contributed by atoms with van der Waals surface area (Å²) in [4.78, 5) is 2.26. The van der Waals surface area contributed by atoms with Gasteiger partial charge >= 0.3 is 0 Å². The molecule has 1 unspecified atom stereocenters. The van der Waals surface area contributed by atoms with Crippen molar-refractivity contribution < 1.29 is 0 Å². The molecule has 0 aromatic carbocycles. The molecular weight excluding hydrogens is 260 g/mol. The van der Waals surface area contributed by atoms with E-state index < -0.39 is 0 Å². The first-order valence-electron chi connectivity index (χ1n) is 7.02. The summed E-state index contributed by atoms with van der Waals surface area (Å²) in [7, 11) is 2.10. The molecule has 0 fully saturated rings. The predicted octanol–water partition coefficient (Wildman–Crippen LogP) is 2.67. The predicted molar refractivity (Wildman–Crippen MR) is 81.4 cm³/mol. The molecule has 2 N–H and O–H groups in total. The van der Waals surface area contributed by atoms with Gasteiger partial charge in [-0.1, -0.05) is 25.4 Å². The largest absolute Gasteiger partial charge is 0.327 e. The zero-order valence-corrected chi connectivity index (χ0v) is 13.5. The van der Waals surface area contributed by atoms with Gasteiger partial charge in [0.25, 0.3) is 0 Å². The van der Waals surface area contributed by atoms with Crippen molar-refractivity contribution in [3.8, 4) is 0 Å². The second-order valence-corrected chi connectivity index (χ2v) is 5.97. The van der Waals surface area contributed by atoms with Crippen molar-refractivity contribution in [2.45, 2.75) is 53.2 Å². The van der Waals surface area contributed by atoms with Crippen molar-refractivity contribution in [3.05, 3.63) is 16.4 Å². The maximum atomic E-state index is 6.32. The summed E-state index contributed by atoms with van der Waals surface area (Å²) in [5, 5.41) is 5.23. The molecule has 0 saturated heterocycles. The van der Waals surface area contributed by atoms with E-state index in [0.29, 0.717) is 5.92 Å². The summed E-state index contributed by atoms with van der Waals surface area (Å²) >= 11 is 6.32. The van der Waals surface area contributed by atoms with Crippen molar-refractivity contribution in [1.82, 2.24) is 14.7 Å². The van der Waals surface area contributed by atoms with Crippen LogP contribution in [0.2, 0.25) is 5.02 Å². The van der Waals surface area contributed by atoms with E-state index in [-0.39, 0.29) is 6.04 Å². The molecule has 1 aromatic rings. The standard InChI is InChI=1S/C14H27ClN4/c1-6-19-13(14(15)11(4)17-19)9-18(5)8-7-12(16)10(2)3/h10,12H,6-9,16H2,1-5H3. The Morgan fingerprint density at radius 1 is 1.42 bits per heavy atom. The minimum absolute atomic E-state index is 0.260. The van der Waals surface area contributed by atoms with E-state index in [4.69, 9.17) is 17.3 Å². The topological polar surface area (TPSA) is 47.1 Å². The molecule has 19 heavy (non-hydrogen) atoms. The van der Waals surface area contributed by atoms with Crippen molar-refractivity contribution in [3.63, 3.8) is 0 Å². The van der Waals surface area contributed by atoms with Gasteiger partial charge in [-0.3, -0.25) is 4.68 Å². The number of hydrogen-bond acceptors (Lipinski definition) is 3. The van der Waals surface area contributed by atoms with E-state index in [2.05, 4.69) is 37.8 Å². The molecule has 0 aliphatic rings. The van der Waals surface area contributed by atoms with Gasteiger partial charge in [-0.25, -0.2) is 0 Å². The van der Waals surface area contributed by atoms with Crippen LogP contribution in [-0.4, -0.2) is 34.3 Å². The third-order valence-electron chi connectivity index (χ3n) is 3.57. The Labute approximate surface area is 121 Å². The number of hydrogen-bond donors (Lipinski definition) is 1. The second-order valence-electron chi connectivity index (χ2n) is 5.60. The maximum absolute atomic E-state index is 6.32. The molecule has 0 spiro atoms. The molecule has 1 rings (SSSR count). The molecular formula is C14H27ClN4. The van der Waals surface area contributed by atoms with Crippen molar-refractivity contribution in [2.24, 2.45) is 11.7 Å². The number of rotatable bonds is 7. The SMILES string of the molecule is CCn1nc(C)c(Cl)c1CN(C)CCC(N)C(C)C. The molecule has 1 aromatic heterocycles. The lowest BCUT2D eigenvalue weighted by Gasteiger charge is -2.21. The summed E-state index contributed by atoms with van der Waals surface area (Å²) in [6, 6.07) is 0.260. The third-order valence-corrected chi connectivity index (χ3v) is 4.06. The smallest absolute Gasteiger partial charge is 0.0860 e. The van der Waals surface area contributed by atoms with E-state index in [1.165, 1.54) is 0 Å². The Morgan fingerprint density at radius 3 is 2.58 bits per heavy atom. The molecule has 0 amide bonds. The number of aryl methyl sites for hydroxylation is 2. The second kappa shape index (κ2) is 7.27. The molecule has 1 atom stereocenters. The van der Waals surface area contributed by atoms with Crippen LogP contribution < -0.4 is 5.73 Å². The van der Waals surface area contributed by atoms with Gasteiger partial charge in [0, 0.05) is 19.1 Å². The first-order valence-corrected chi connectivity index (χ1v) is 7.40. The zero-order chi connectivity index (χ0) is 14.6. The van der Waals surface area contributed by atoms with Crippen molar-refractivity contribution >= 4 is 11.6 Å². The Kier molecular flexibility index (Phi) is 6.30. The average Bonchev–Trinajstić information content (AvgIpc) is 2.63. The molecule has 0 bridgehead atoms. The van der Waals surface area contributed by atoms with E-state index in [9.17, 15) is 0 Å². The molecule has 1 heterocycles. The van der Waals surface area contributed by atoms with Crippen LogP contribution in [0.5, 0.6) is 0 Å². The van der Waals surface area contributed by atoms with E-state index in [1.54, 1.807) is 0 Å². The highest BCUT2D eigenvalue weighted by atomic mass is 35.5. The minimum Gasteiger partial charge on any atom is -0.327 e. The van der Waals surface area contributed by atoms with Crippen LogP contribution in [0, 0.1) is 12.8 Å².